The quantitative estimate of drug-likeness (QED) is 0.698. The molecule has 138 valence electrons. The van der Waals surface area contributed by atoms with E-state index in [0.29, 0.717) is 54.1 Å². The highest BCUT2D eigenvalue weighted by atomic mass is 16.6. The maximum Gasteiger partial charge on any atom is 0.410 e. The third-order valence-corrected chi connectivity index (χ3v) is 4.97. The first-order valence-corrected chi connectivity index (χ1v) is 8.92. The first kappa shape index (κ1) is 17.4. The summed E-state index contributed by atoms with van der Waals surface area (Å²) in [5.41, 5.74) is 2.25. The first-order chi connectivity index (χ1) is 13.1. The number of amides is 1. The third-order valence-electron chi connectivity index (χ3n) is 4.97. The molecule has 0 spiro atoms. The largest absolute Gasteiger partial charge is 0.442 e. The number of rotatable bonds is 2. The van der Waals surface area contributed by atoms with E-state index in [2.05, 4.69) is 0 Å². The summed E-state index contributed by atoms with van der Waals surface area (Å²) in [5.74, 6) is -0.349. The van der Waals surface area contributed by atoms with E-state index < -0.39 is 12.2 Å². The monoisotopic (exact) mass is 365 g/mol. The molecule has 0 radical (unpaired) electrons. The molecule has 1 unspecified atom stereocenters. The maximum atomic E-state index is 12.8. The van der Waals surface area contributed by atoms with Crippen molar-refractivity contribution >= 4 is 17.7 Å². The normalized spacial score (nSPS) is 17.1. The third kappa shape index (κ3) is 3.13. The van der Waals surface area contributed by atoms with Crippen molar-refractivity contribution in [3.8, 4) is 0 Å². The van der Waals surface area contributed by atoms with Crippen molar-refractivity contribution < 1.29 is 23.9 Å². The maximum absolute atomic E-state index is 12.8. The second-order valence-electron chi connectivity index (χ2n) is 6.63. The summed E-state index contributed by atoms with van der Waals surface area (Å²) in [6, 6.07) is 11.8. The lowest BCUT2D eigenvalue weighted by Crippen LogP contribution is -2.41. The Bertz CT molecular complexity index is 930. The zero-order valence-electron chi connectivity index (χ0n) is 14.9. The van der Waals surface area contributed by atoms with Gasteiger partial charge in [0.2, 0.25) is 0 Å². The molecule has 0 saturated carbocycles. The smallest absolute Gasteiger partial charge is 0.410 e. The van der Waals surface area contributed by atoms with Crippen LogP contribution in [0.4, 0.5) is 4.79 Å². The summed E-state index contributed by atoms with van der Waals surface area (Å²) in [6.07, 6.45) is -0.943. The Morgan fingerprint density at radius 3 is 2.22 bits per heavy atom. The molecule has 27 heavy (non-hydrogen) atoms. The summed E-state index contributed by atoms with van der Waals surface area (Å²) in [4.78, 5) is 39.4. The fraction of sp³-hybridized carbons (Fsp3) is 0.286. The summed E-state index contributed by atoms with van der Waals surface area (Å²) in [7, 11) is 0. The molecule has 1 fully saturated rings. The number of benzene rings is 2. The van der Waals surface area contributed by atoms with Crippen LogP contribution in [0, 0.1) is 0 Å². The van der Waals surface area contributed by atoms with Gasteiger partial charge in [-0.15, -0.1) is 0 Å². The fourth-order valence-corrected chi connectivity index (χ4v) is 3.41. The summed E-state index contributed by atoms with van der Waals surface area (Å²) < 4.78 is 10.8. The predicted octanol–water partition coefficient (Wildman–Crippen LogP) is 2.99. The van der Waals surface area contributed by atoms with Gasteiger partial charge in [0.1, 0.15) is 6.10 Å². The van der Waals surface area contributed by atoms with Gasteiger partial charge >= 0.3 is 6.09 Å². The molecule has 4 rings (SSSR count). The Balaban J connectivity index is 1.58. The van der Waals surface area contributed by atoms with Crippen LogP contribution in [0.5, 0.6) is 0 Å². The number of ketones is 2. The van der Waals surface area contributed by atoms with Crippen molar-refractivity contribution in [1.29, 1.82) is 0 Å². The highest BCUT2D eigenvalue weighted by Gasteiger charge is 2.30. The molecular weight excluding hydrogens is 346 g/mol. The average Bonchev–Trinajstić information content (AvgIpc) is 2.72. The van der Waals surface area contributed by atoms with E-state index in [1.54, 1.807) is 54.3 Å². The second kappa shape index (κ2) is 6.96. The predicted molar refractivity (Wildman–Crippen MR) is 97.0 cm³/mol. The molecule has 0 aromatic heterocycles. The molecule has 0 N–H and O–H groups in total. The Morgan fingerprint density at radius 2 is 1.56 bits per heavy atom. The lowest BCUT2D eigenvalue weighted by molar-refractivity contribution is 0.0151. The number of carbonyl (C=O) groups is 3. The fourth-order valence-electron chi connectivity index (χ4n) is 3.41. The SMILES string of the molecule is CC(OC(=O)N1CCOCC1)c1ccc2c(c1)C(=O)c1ccccc1C2=O. The molecule has 2 aliphatic rings. The molecule has 0 bridgehead atoms. The van der Waals surface area contributed by atoms with Crippen LogP contribution in [0.25, 0.3) is 0 Å². The van der Waals surface area contributed by atoms with E-state index in [1.807, 2.05) is 0 Å². The van der Waals surface area contributed by atoms with Gasteiger partial charge in [0.15, 0.2) is 11.6 Å². The Labute approximate surface area is 156 Å². The zero-order chi connectivity index (χ0) is 19.0. The summed E-state index contributed by atoms with van der Waals surface area (Å²) in [6.45, 7) is 3.75. The number of nitrogens with zero attached hydrogens (tertiary/aromatic N) is 1. The van der Waals surface area contributed by atoms with Crippen LogP contribution in [0.15, 0.2) is 42.5 Å². The molecule has 1 aliphatic heterocycles. The molecule has 1 amide bonds. The van der Waals surface area contributed by atoms with Crippen LogP contribution in [0.1, 0.15) is 50.4 Å². The highest BCUT2D eigenvalue weighted by Crippen LogP contribution is 2.30. The van der Waals surface area contributed by atoms with Gasteiger partial charge in [-0.2, -0.15) is 0 Å². The van der Waals surface area contributed by atoms with Crippen molar-refractivity contribution in [2.75, 3.05) is 26.3 Å². The Morgan fingerprint density at radius 1 is 0.963 bits per heavy atom. The minimum absolute atomic E-state index is 0.162. The van der Waals surface area contributed by atoms with Crippen LogP contribution >= 0.6 is 0 Å². The van der Waals surface area contributed by atoms with E-state index in [-0.39, 0.29) is 11.6 Å². The Kier molecular flexibility index (Phi) is 4.49. The van der Waals surface area contributed by atoms with Crippen LogP contribution < -0.4 is 0 Å². The van der Waals surface area contributed by atoms with Gasteiger partial charge in [-0.3, -0.25) is 9.59 Å². The van der Waals surface area contributed by atoms with E-state index in [4.69, 9.17) is 9.47 Å². The van der Waals surface area contributed by atoms with E-state index in [9.17, 15) is 14.4 Å². The van der Waals surface area contributed by atoms with Crippen molar-refractivity contribution in [1.82, 2.24) is 4.90 Å². The van der Waals surface area contributed by atoms with Gasteiger partial charge in [-0.1, -0.05) is 30.3 Å². The van der Waals surface area contributed by atoms with Crippen LogP contribution in [0.3, 0.4) is 0 Å². The topological polar surface area (TPSA) is 72.9 Å². The minimum Gasteiger partial charge on any atom is -0.442 e. The van der Waals surface area contributed by atoms with Crippen molar-refractivity contribution in [3.05, 3.63) is 70.3 Å². The molecule has 1 aliphatic carbocycles. The molecule has 2 aromatic rings. The van der Waals surface area contributed by atoms with E-state index >= 15 is 0 Å². The molecule has 1 heterocycles. The van der Waals surface area contributed by atoms with Gasteiger partial charge in [0.05, 0.1) is 13.2 Å². The van der Waals surface area contributed by atoms with E-state index in [0.717, 1.165) is 0 Å². The molecule has 6 heteroatoms. The number of fused-ring (bicyclic) bond motifs is 2. The zero-order valence-corrected chi connectivity index (χ0v) is 14.9. The number of hydrogen-bond acceptors (Lipinski definition) is 5. The minimum atomic E-state index is -0.536. The van der Waals surface area contributed by atoms with Crippen molar-refractivity contribution in [2.24, 2.45) is 0 Å². The second-order valence-corrected chi connectivity index (χ2v) is 6.63. The summed E-state index contributed by atoms with van der Waals surface area (Å²) in [5, 5.41) is 0. The number of ether oxygens (including phenoxy) is 2. The van der Waals surface area contributed by atoms with Crippen LogP contribution in [0.2, 0.25) is 0 Å². The highest BCUT2D eigenvalue weighted by molar-refractivity contribution is 6.28. The lowest BCUT2D eigenvalue weighted by atomic mass is 9.83. The van der Waals surface area contributed by atoms with E-state index in [1.165, 1.54) is 0 Å². The number of hydrogen-bond donors (Lipinski definition) is 0. The van der Waals surface area contributed by atoms with Crippen LogP contribution in [-0.4, -0.2) is 48.9 Å². The standard InChI is InChI=1S/C21H19NO5/c1-13(27-21(25)22-8-10-26-11-9-22)14-6-7-17-18(12-14)20(24)16-5-3-2-4-15(16)19(17)23/h2-7,12-13H,8-11H2,1H3. The molecule has 1 atom stereocenters. The van der Waals surface area contributed by atoms with Gasteiger partial charge in [-0.05, 0) is 24.6 Å². The molecule has 1 saturated heterocycles. The number of morpholine rings is 1. The first-order valence-electron chi connectivity index (χ1n) is 8.92. The molecule has 6 nitrogen and oxygen atoms in total. The summed E-state index contributed by atoms with van der Waals surface area (Å²) >= 11 is 0. The van der Waals surface area contributed by atoms with Gasteiger partial charge in [0, 0.05) is 35.3 Å². The number of carbonyl (C=O) groups excluding carboxylic acids is 3. The molecular formula is C21H19NO5. The van der Waals surface area contributed by atoms with Gasteiger partial charge in [-0.25, -0.2) is 4.79 Å². The van der Waals surface area contributed by atoms with Gasteiger partial charge < -0.3 is 14.4 Å². The molecule has 2 aromatic carbocycles. The van der Waals surface area contributed by atoms with Crippen molar-refractivity contribution in [3.63, 3.8) is 0 Å². The Hall–Kier alpha value is -2.99. The van der Waals surface area contributed by atoms with Crippen LogP contribution in [-0.2, 0) is 9.47 Å². The average molecular weight is 365 g/mol. The van der Waals surface area contributed by atoms with Gasteiger partial charge in [0.25, 0.3) is 0 Å². The van der Waals surface area contributed by atoms with Crippen molar-refractivity contribution in [2.45, 2.75) is 13.0 Å². The lowest BCUT2D eigenvalue weighted by Gasteiger charge is -2.27.